The fourth-order valence-electron chi connectivity index (χ4n) is 1.92. The summed E-state index contributed by atoms with van der Waals surface area (Å²) in [5.74, 6) is 0. The molecule has 94 valence electrons. The van der Waals surface area contributed by atoms with Crippen LogP contribution in [0.5, 0.6) is 0 Å². The van der Waals surface area contributed by atoms with Crippen molar-refractivity contribution in [1.29, 1.82) is 0 Å². The monoisotopic (exact) mass is 362 g/mol. The van der Waals surface area contributed by atoms with Gasteiger partial charge in [0, 0.05) is 36.1 Å². The molecule has 1 aromatic carbocycles. The van der Waals surface area contributed by atoms with Crippen LogP contribution in [0.1, 0.15) is 0 Å². The predicted molar refractivity (Wildman–Crippen MR) is 79.2 cm³/mol. The van der Waals surface area contributed by atoms with Crippen LogP contribution in [0.3, 0.4) is 0 Å². The van der Waals surface area contributed by atoms with Crippen molar-refractivity contribution in [2.45, 2.75) is 0 Å². The SMILES string of the molecule is CN(C)c1cc(N2CCOCC2)c(Br)cc1Br. The van der Waals surface area contributed by atoms with Gasteiger partial charge in [-0.15, -0.1) is 0 Å². The molecule has 0 aromatic heterocycles. The Morgan fingerprint density at radius 1 is 1.12 bits per heavy atom. The molecule has 1 saturated heterocycles. The fraction of sp³-hybridized carbons (Fsp3) is 0.500. The van der Waals surface area contributed by atoms with Crippen LogP contribution < -0.4 is 9.80 Å². The average Bonchev–Trinajstić information content (AvgIpc) is 2.29. The molecule has 2 rings (SSSR count). The number of hydrogen-bond acceptors (Lipinski definition) is 3. The van der Waals surface area contributed by atoms with Crippen LogP contribution in [0.25, 0.3) is 0 Å². The molecule has 0 radical (unpaired) electrons. The number of anilines is 2. The summed E-state index contributed by atoms with van der Waals surface area (Å²) < 4.78 is 7.61. The second-order valence-electron chi connectivity index (χ2n) is 4.25. The zero-order valence-electron chi connectivity index (χ0n) is 10.0. The van der Waals surface area contributed by atoms with E-state index < -0.39 is 0 Å². The molecule has 1 aliphatic heterocycles. The lowest BCUT2D eigenvalue weighted by Gasteiger charge is -2.31. The molecular formula is C12H16Br2N2O. The number of nitrogens with zero attached hydrogens (tertiary/aromatic N) is 2. The molecule has 0 amide bonds. The zero-order valence-corrected chi connectivity index (χ0v) is 13.2. The van der Waals surface area contributed by atoms with E-state index in [1.165, 1.54) is 11.4 Å². The molecule has 17 heavy (non-hydrogen) atoms. The van der Waals surface area contributed by atoms with Gasteiger partial charge >= 0.3 is 0 Å². The molecule has 1 aromatic rings. The Balaban J connectivity index is 2.35. The third kappa shape index (κ3) is 2.95. The van der Waals surface area contributed by atoms with E-state index in [1.807, 2.05) is 0 Å². The molecule has 3 nitrogen and oxygen atoms in total. The number of hydrogen-bond donors (Lipinski definition) is 0. The molecule has 0 bridgehead atoms. The highest BCUT2D eigenvalue weighted by Gasteiger charge is 2.16. The average molecular weight is 364 g/mol. The fourth-order valence-corrected chi connectivity index (χ4v) is 3.52. The van der Waals surface area contributed by atoms with E-state index in [0.717, 1.165) is 35.2 Å². The van der Waals surface area contributed by atoms with Crippen molar-refractivity contribution < 1.29 is 4.74 Å². The third-order valence-electron chi connectivity index (χ3n) is 2.85. The van der Waals surface area contributed by atoms with E-state index in [1.54, 1.807) is 0 Å². The maximum atomic E-state index is 5.39. The molecule has 1 fully saturated rings. The highest BCUT2D eigenvalue weighted by molar-refractivity contribution is 9.11. The van der Waals surface area contributed by atoms with Gasteiger partial charge in [0.25, 0.3) is 0 Å². The van der Waals surface area contributed by atoms with Gasteiger partial charge in [0.15, 0.2) is 0 Å². The number of benzene rings is 1. The number of ether oxygens (including phenoxy) is 1. The summed E-state index contributed by atoms with van der Waals surface area (Å²) in [6.45, 7) is 3.51. The Bertz CT molecular complexity index is 404. The lowest BCUT2D eigenvalue weighted by atomic mass is 10.2. The van der Waals surface area contributed by atoms with E-state index in [4.69, 9.17) is 4.74 Å². The van der Waals surface area contributed by atoms with Crippen LogP contribution in [0, 0.1) is 0 Å². The van der Waals surface area contributed by atoms with E-state index in [0.29, 0.717) is 0 Å². The molecule has 0 saturated carbocycles. The maximum Gasteiger partial charge on any atom is 0.0642 e. The largest absolute Gasteiger partial charge is 0.378 e. The summed E-state index contributed by atoms with van der Waals surface area (Å²) in [6, 6.07) is 4.32. The molecule has 5 heteroatoms. The topological polar surface area (TPSA) is 15.7 Å². The highest BCUT2D eigenvalue weighted by atomic mass is 79.9. The van der Waals surface area contributed by atoms with Crippen LogP contribution in [-0.4, -0.2) is 40.4 Å². The van der Waals surface area contributed by atoms with Gasteiger partial charge < -0.3 is 14.5 Å². The predicted octanol–water partition coefficient (Wildman–Crippen LogP) is 3.11. The molecule has 0 N–H and O–H groups in total. The summed E-state index contributed by atoms with van der Waals surface area (Å²) in [6.07, 6.45) is 0. The van der Waals surface area contributed by atoms with Crippen molar-refractivity contribution >= 4 is 43.2 Å². The second-order valence-corrected chi connectivity index (χ2v) is 5.96. The van der Waals surface area contributed by atoms with Gasteiger partial charge in [-0.25, -0.2) is 0 Å². The van der Waals surface area contributed by atoms with Gasteiger partial charge in [0.2, 0.25) is 0 Å². The van der Waals surface area contributed by atoms with Crippen molar-refractivity contribution in [2.75, 3.05) is 50.2 Å². The Hall–Kier alpha value is -0.260. The third-order valence-corrected chi connectivity index (χ3v) is 4.12. The lowest BCUT2D eigenvalue weighted by molar-refractivity contribution is 0.122. The minimum atomic E-state index is 0.805. The first-order valence-corrected chi connectivity index (χ1v) is 7.17. The van der Waals surface area contributed by atoms with Crippen molar-refractivity contribution in [1.82, 2.24) is 0 Å². The smallest absolute Gasteiger partial charge is 0.0642 e. The molecule has 0 atom stereocenters. The van der Waals surface area contributed by atoms with Crippen LogP contribution in [0.4, 0.5) is 11.4 Å². The van der Waals surface area contributed by atoms with Crippen molar-refractivity contribution in [3.63, 3.8) is 0 Å². The summed E-state index contributed by atoms with van der Waals surface area (Å²) in [4.78, 5) is 4.47. The molecule has 1 aliphatic rings. The number of rotatable bonds is 2. The first-order valence-electron chi connectivity index (χ1n) is 5.58. The molecule has 0 unspecified atom stereocenters. The van der Waals surface area contributed by atoms with Gasteiger partial charge in [-0.1, -0.05) is 0 Å². The van der Waals surface area contributed by atoms with Gasteiger partial charge in [-0.05, 0) is 44.0 Å². The van der Waals surface area contributed by atoms with Crippen LogP contribution >= 0.6 is 31.9 Å². The zero-order chi connectivity index (χ0) is 12.4. The van der Waals surface area contributed by atoms with E-state index >= 15 is 0 Å². The first kappa shape index (κ1) is 13.2. The summed E-state index contributed by atoms with van der Waals surface area (Å²) in [5.41, 5.74) is 2.43. The first-order chi connectivity index (χ1) is 8.09. The van der Waals surface area contributed by atoms with Crippen LogP contribution in [-0.2, 0) is 4.74 Å². The number of morpholine rings is 1. The van der Waals surface area contributed by atoms with Crippen molar-refractivity contribution in [2.24, 2.45) is 0 Å². The van der Waals surface area contributed by atoms with Crippen LogP contribution in [0.15, 0.2) is 21.1 Å². The summed E-state index contributed by atoms with van der Waals surface area (Å²) >= 11 is 7.23. The molecule has 0 spiro atoms. The van der Waals surface area contributed by atoms with E-state index in [9.17, 15) is 0 Å². The Labute approximate surface area is 119 Å². The van der Waals surface area contributed by atoms with Crippen molar-refractivity contribution in [3.8, 4) is 0 Å². The Morgan fingerprint density at radius 2 is 1.76 bits per heavy atom. The quantitative estimate of drug-likeness (QED) is 0.802. The molecule has 0 aliphatic carbocycles. The van der Waals surface area contributed by atoms with Gasteiger partial charge in [0.05, 0.1) is 24.6 Å². The minimum absolute atomic E-state index is 0.805. The minimum Gasteiger partial charge on any atom is -0.378 e. The van der Waals surface area contributed by atoms with Gasteiger partial charge in [-0.3, -0.25) is 0 Å². The second kappa shape index (κ2) is 5.59. The number of halogens is 2. The molecular weight excluding hydrogens is 348 g/mol. The van der Waals surface area contributed by atoms with Crippen LogP contribution in [0.2, 0.25) is 0 Å². The van der Waals surface area contributed by atoms with E-state index in [2.05, 4.69) is 67.9 Å². The standard InChI is InChI=1S/C12H16Br2N2O/c1-15(2)11-8-12(10(14)7-9(11)13)16-3-5-17-6-4-16/h7-8H,3-6H2,1-2H3. The van der Waals surface area contributed by atoms with Gasteiger partial charge in [-0.2, -0.15) is 0 Å². The molecule has 1 heterocycles. The van der Waals surface area contributed by atoms with Crippen molar-refractivity contribution in [3.05, 3.63) is 21.1 Å². The lowest BCUT2D eigenvalue weighted by Crippen LogP contribution is -2.36. The van der Waals surface area contributed by atoms with Gasteiger partial charge in [0.1, 0.15) is 0 Å². The Morgan fingerprint density at radius 3 is 2.35 bits per heavy atom. The Kier molecular flexibility index (Phi) is 4.33. The maximum absolute atomic E-state index is 5.39. The summed E-state index contributed by atoms with van der Waals surface area (Å²) in [5, 5.41) is 0. The normalized spacial score (nSPS) is 16.1. The summed E-state index contributed by atoms with van der Waals surface area (Å²) in [7, 11) is 4.11. The van der Waals surface area contributed by atoms with E-state index in [-0.39, 0.29) is 0 Å². The highest BCUT2D eigenvalue weighted by Crippen LogP contribution is 2.36.